The highest BCUT2D eigenvalue weighted by Crippen LogP contribution is 2.25. The standard InChI is InChI=1S/C16H15NO2/c1-19-16-14(6-3-9-17-16)15(18)13-8-7-11-4-2-5-12(11)10-13/h3,6-10H,2,4-5H2,1H3. The fourth-order valence-corrected chi connectivity index (χ4v) is 2.59. The number of benzene rings is 1. The number of nitrogens with zero attached hydrogens (tertiary/aromatic N) is 1. The minimum atomic E-state index is -0.0281. The van der Waals surface area contributed by atoms with Crippen LogP contribution in [-0.4, -0.2) is 17.9 Å². The highest BCUT2D eigenvalue weighted by atomic mass is 16.5. The van der Waals surface area contributed by atoms with Crippen molar-refractivity contribution in [3.05, 3.63) is 58.8 Å². The van der Waals surface area contributed by atoms with Crippen molar-refractivity contribution >= 4 is 5.78 Å². The SMILES string of the molecule is COc1ncccc1C(=O)c1ccc2c(c1)CCC2. The topological polar surface area (TPSA) is 39.2 Å². The Balaban J connectivity index is 2.00. The van der Waals surface area contributed by atoms with E-state index in [4.69, 9.17) is 4.74 Å². The lowest BCUT2D eigenvalue weighted by molar-refractivity contribution is 0.103. The minimum absolute atomic E-state index is 0.0281. The molecule has 0 amide bonds. The van der Waals surface area contributed by atoms with Crippen LogP contribution in [0.5, 0.6) is 5.88 Å². The van der Waals surface area contributed by atoms with Crippen molar-refractivity contribution < 1.29 is 9.53 Å². The van der Waals surface area contributed by atoms with Crippen molar-refractivity contribution in [3.63, 3.8) is 0 Å². The number of rotatable bonds is 3. The van der Waals surface area contributed by atoms with Crippen LogP contribution < -0.4 is 4.74 Å². The Morgan fingerprint density at radius 1 is 1.21 bits per heavy atom. The van der Waals surface area contributed by atoms with Crippen molar-refractivity contribution in [2.75, 3.05) is 7.11 Å². The molecule has 0 N–H and O–H groups in total. The number of aryl methyl sites for hydroxylation is 2. The fraction of sp³-hybridized carbons (Fsp3) is 0.250. The van der Waals surface area contributed by atoms with Gasteiger partial charge in [0.05, 0.1) is 12.7 Å². The van der Waals surface area contributed by atoms with Crippen molar-refractivity contribution in [2.24, 2.45) is 0 Å². The van der Waals surface area contributed by atoms with Gasteiger partial charge in [-0.15, -0.1) is 0 Å². The van der Waals surface area contributed by atoms with E-state index in [0.717, 1.165) is 12.8 Å². The molecule has 0 atom stereocenters. The van der Waals surface area contributed by atoms with E-state index >= 15 is 0 Å². The van der Waals surface area contributed by atoms with Gasteiger partial charge in [-0.3, -0.25) is 4.79 Å². The summed E-state index contributed by atoms with van der Waals surface area (Å²) in [6.45, 7) is 0. The van der Waals surface area contributed by atoms with Gasteiger partial charge in [0.15, 0.2) is 5.78 Å². The summed E-state index contributed by atoms with van der Waals surface area (Å²) in [7, 11) is 1.53. The minimum Gasteiger partial charge on any atom is -0.480 e. The third-order valence-corrected chi connectivity index (χ3v) is 3.57. The van der Waals surface area contributed by atoms with Gasteiger partial charge >= 0.3 is 0 Å². The summed E-state index contributed by atoms with van der Waals surface area (Å²) < 4.78 is 5.15. The molecule has 0 saturated heterocycles. The lowest BCUT2D eigenvalue weighted by Crippen LogP contribution is -2.05. The molecule has 3 rings (SSSR count). The lowest BCUT2D eigenvalue weighted by Gasteiger charge is -2.07. The molecule has 1 aliphatic carbocycles. The lowest BCUT2D eigenvalue weighted by atomic mass is 10.00. The first-order valence-electron chi connectivity index (χ1n) is 6.45. The molecule has 1 heterocycles. The molecule has 3 heteroatoms. The first-order chi connectivity index (χ1) is 9.29. The number of hydrogen-bond donors (Lipinski definition) is 0. The van der Waals surface area contributed by atoms with E-state index in [1.165, 1.54) is 24.7 Å². The van der Waals surface area contributed by atoms with Crippen molar-refractivity contribution in [1.82, 2.24) is 4.98 Å². The summed E-state index contributed by atoms with van der Waals surface area (Å²) in [5, 5.41) is 0. The predicted octanol–water partition coefficient (Wildman–Crippen LogP) is 2.81. The number of ketones is 1. The highest BCUT2D eigenvalue weighted by molar-refractivity contribution is 6.10. The Morgan fingerprint density at radius 3 is 2.89 bits per heavy atom. The molecular weight excluding hydrogens is 238 g/mol. The molecule has 0 spiro atoms. The van der Waals surface area contributed by atoms with Gasteiger partial charge in [-0.25, -0.2) is 4.98 Å². The van der Waals surface area contributed by atoms with Gasteiger partial charge in [-0.1, -0.05) is 12.1 Å². The Labute approximate surface area is 112 Å². The molecule has 0 aliphatic heterocycles. The zero-order chi connectivity index (χ0) is 13.2. The number of carbonyl (C=O) groups is 1. The summed E-state index contributed by atoms with van der Waals surface area (Å²) in [4.78, 5) is 16.6. The van der Waals surface area contributed by atoms with Gasteiger partial charge in [0.25, 0.3) is 0 Å². The van der Waals surface area contributed by atoms with Crippen LogP contribution in [0.4, 0.5) is 0 Å². The van der Waals surface area contributed by atoms with E-state index in [1.54, 1.807) is 18.3 Å². The maximum atomic E-state index is 12.5. The molecule has 19 heavy (non-hydrogen) atoms. The maximum Gasteiger partial charge on any atom is 0.224 e. The number of carbonyl (C=O) groups excluding carboxylic acids is 1. The van der Waals surface area contributed by atoms with E-state index in [2.05, 4.69) is 11.1 Å². The highest BCUT2D eigenvalue weighted by Gasteiger charge is 2.18. The first kappa shape index (κ1) is 11.9. The quantitative estimate of drug-likeness (QED) is 0.790. The molecule has 96 valence electrons. The fourth-order valence-electron chi connectivity index (χ4n) is 2.59. The van der Waals surface area contributed by atoms with Crippen LogP contribution in [0.25, 0.3) is 0 Å². The van der Waals surface area contributed by atoms with Gasteiger partial charge in [0.2, 0.25) is 5.88 Å². The molecule has 0 unspecified atom stereocenters. The Hall–Kier alpha value is -2.16. The van der Waals surface area contributed by atoms with E-state index in [1.807, 2.05) is 12.1 Å². The molecule has 0 saturated carbocycles. The Kier molecular flexibility index (Phi) is 3.03. The zero-order valence-electron chi connectivity index (χ0n) is 10.8. The van der Waals surface area contributed by atoms with Gasteiger partial charge in [-0.05, 0) is 48.6 Å². The van der Waals surface area contributed by atoms with Gasteiger partial charge in [0, 0.05) is 11.8 Å². The van der Waals surface area contributed by atoms with Crippen LogP contribution in [0, 0.1) is 0 Å². The third-order valence-electron chi connectivity index (χ3n) is 3.57. The first-order valence-corrected chi connectivity index (χ1v) is 6.45. The van der Waals surface area contributed by atoms with Crippen LogP contribution in [0.2, 0.25) is 0 Å². The average Bonchev–Trinajstić information content (AvgIpc) is 2.93. The average molecular weight is 253 g/mol. The molecule has 0 radical (unpaired) electrons. The van der Waals surface area contributed by atoms with Crippen molar-refractivity contribution in [2.45, 2.75) is 19.3 Å². The third kappa shape index (κ3) is 2.12. The second-order valence-electron chi connectivity index (χ2n) is 4.73. The second kappa shape index (κ2) is 4.84. The van der Waals surface area contributed by atoms with Gasteiger partial charge in [-0.2, -0.15) is 0 Å². The predicted molar refractivity (Wildman–Crippen MR) is 72.7 cm³/mol. The molecule has 0 fully saturated rings. The molecule has 0 bridgehead atoms. The summed E-state index contributed by atoms with van der Waals surface area (Å²) in [5.74, 6) is 0.354. The zero-order valence-corrected chi connectivity index (χ0v) is 10.8. The van der Waals surface area contributed by atoms with Crippen LogP contribution >= 0.6 is 0 Å². The molecule has 2 aromatic rings. The van der Waals surface area contributed by atoms with Crippen molar-refractivity contribution in [1.29, 1.82) is 0 Å². The largest absolute Gasteiger partial charge is 0.480 e. The number of pyridine rings is 1. The molecule has 3 nitrogen and oxygen atoms in total. The van der Waals surface area contributed by atoms with E-state index < -0.39 is 0 Å². The maximum absolute atomic E-state index is 12.5. The Bertz CT molecular complexity index is 634. The number of aromatic nitrogens is 1. The van der Waals surface area contributed by atoms with Crippen LogP contribution in [-0.2, 0) is 12.8 Å². The van der Waals surface area contributed by atoms with Gasteiger partial charge in [0.1, 0.15) is 0 Å². The van der Waals surface area contributed by atoms with E-state index in [9.17, 15) is 4.79 Å². The normalized spacial score (nSPS) is 13.1. The van der Waals surface area contributed by atoms with E-state index in [-0.39, 0.29) is 5.78 Å². The van der Waals surface area contributed by atoms with Gasteiger partial charge < -0.3 is 4.74 Å². The van der Waals surface area contributed by atoms with Crippen LogP contribution in [0.3, 0.4) is 0 Å². The monoisotopic (exact) mass is 253 g/mol. The summed E-state index contributed by atoms with van der Waals surface area (Å²) in [5.41, 5.74) is 3.90. The Morgan fingerprint density at radius 2 is 2.05 bits per heavy atom. The van der Waals surface area contributed by atoms with Crippen molar-refractivity contribution in [3.8, 4) is 5.88 Å². The molecule has 1 aliphatic rings. The smallest absolute Gasteiger partial charge is 0.224 e. The molecule has 1 aromatic heterocycles. The molecular formula is C16H15NO2. The van der Waals surface area contributed by atoms with E-state index in [0.29, 0.717) is 17.0 Å². The number of ether oxygens (including phenoxy) is 1. The van der Waals surface area contributed by atoms with Crippen LogP contribution in [0.1, 0.15) is 33.5 Å². The number of methoxy groups -OCH3 is 1. The number of hydrogen-bond acceptors (Lipinski definition) is 3. The van der Waals surface area contributed by atoms with Crippen LogP contribution in [0.15, 0.2) is 36.5 Å². The summed E-state index contributed by atoms with van der Waals surface area (Å²) in [6, 6.07) is 9.49. The number of fused-ring (bicyclic) bond motifs is 1. The second-order valence-corrected chi connectivity index (χ2v) is 4.73. The molecule has 1 aromatic carbocycles. The summed E-state index contributed by atoms with van der Waals surface area (Å²) in [6.07, 6.45) is 5.00. The summed E-state index contributed by atoms with van der Waals surface area (Å²) >= 11 is 0.